The van der Waals surface area contributed by atoms with Crippen LogP contribution in [-0.4, -0.2) is 33.0 Å². The van der Waals surface area contributed by atoms with Crippen LogP contribution in [0.3, 0.4) is 0 Å². The van der Waals surface area contributed by atoms with E-state index in [-0.39, 0.29) is 0 Å². The van der Waals surface area contributed by atoms with E-state index in [0.717, 1.165) is 29.5 Å². The van der Waals surface area contributed by atoms with Gasteiger partial charge >= 0.3 is 0 Å². The van der Waals surface area contributed by atoms with Crippen LogP contribution < -0.4 is 9.62 Å². The standard InChI is InChI=1S/C17H21N3O2S2/c21-24(22,13-9-15-6-2-1-3-7-15)18-10-8-16-14-23-17(19-16)20-11-4-5-12-20/h1-3,6-7,9,13-14,18H,4-5,8,10-12H2/b13-9+. The lowest BCUT2D eigenvalue weighted by molar-refractivity contribution is 0.591. The average Bonchev–Trinajstić information content (AvgIpc) is 3.25. The van der Waals surface area contributed by atoms with Gasteiger partial charge in [0.05, 0.1) is 5.69 Å². The van der Waals surface area contributed by atoms with Gasteiger partial charge in [-0.05, 0) is 24.5 Å². The minimum atomic E-state index is -3.42. The summed E-state index contributed by atoms with van der Waals surface area (Å²) in [7, 11) is -3.42. The maximum atomic E-state index is 12.0. The van der Waals surface area contributed by atoms with E-state index in [0.29, 0.717) is 13.0 Å². The Morgan fingerprint density at radius 1 is 1.21 bits per heavy atom. The molecule has 2 aromatic rings. The SMILES string of the molecule is O=S(=O)(/C=C/c1ccccc1)NCCc1csc(N2CCCC2)n1. The van der Waals surface area contributed by atoms with Crippen LogP contribution in [0.4, 0.5) is 5.13 Å². The Kier molecular flexibility index (Phi) is 5.65. The van der Waals surface area contributed by atoms with Gasteiger partial charge in [-0.1, -0.05) is 30.3 Å². The maximum absolute atomic E-state index is 12.0. The van der Waals surface area contributed by atoms with E-state index < -0.39 is 10.0 Å². The molecule has 0 spiro atoms. The summed E-state index contributed by atoms with van der Waals surface area (Å²) in [5.74, 6) is 0. The number of nitrogens with one attached hydrogen (secondary N) is 1. The van der Waals surface area contributed by atoms with Crippen molar-refractivity contribution in [3.63, 3.8) is 0 Å². The summed E-state index contributed by atoms with van der Waals surface area (Å²) in [6, 6.07) is 9.37. The van der Waals surface area contributed by atoms with Crippen LogP contribution in [0.2, 0.25) is 0 Å². The Labute approximate surface area is 147 Å². The lowest BCUT2D eigenvalue weighted by Gasteiger charge is -2.12. The lowest BCUT2D eigenvalue weighted by Crippen LogP contribution is -2.24. The Bertz CT molecular complexity index is 779. The fourth-order valence-corrected chi connectivity index (χ4v) is 4.30. The van der Waals surface area contributed by atoms with Crippen molar-refractivity contribution in [1.29, 1.82) is 0 Å². The molecule has 3 rings (SSSR count). The third-order valence-corrected chi connectivity index (χ3v) is 5.89. The number of hydrogen-bond acceptors (Lipinski definition) is 5. The number of hydrogen-bond donors (Lipinski definition) is 1. The molecule has 0 unspecified atom stereocenters. The number of nitrogens with zero attached hydrogens (tertiary/aromatic N) is 2. The highest BCUT2D eigenvalue weighted by atomic mass is 32.2. The van der Waals surface area contributed by atoms with Crippen molar-refractivity contribution in [2.45, 2.75) is 19.3 Å². The lowest BCUT2D eigenvalue weighted by atomic mass is 10.2. The Morgan fingerprint density at radius 3 is 2.71 bits per heavy atom. The van der Waals surface area contributed by atoms with Gasteiger partial charge in [0.1, 0.15) is 0 Å². The predicted octanol–water partition coefficient (Wildman–Crippen LogP) is 2.88. The molecule has 1 aliphatic heterocycles. The van der Waals surface area contributed by atoms with Crippen molar-refractivity contribution in [2.75, 3.05) is 24.5 Å². The molecule has 0 aliphatic carbocycles. The minimum absolute atomic E-state index is 0.352. The van der Waals surface area contributed by atoms with E-state index in [1.807, 2.05) is 35.7 Å². The molecule has 1 saturated heterocycles. The maximum Gasteiger partial charge on any atom is 0.233 e. The highest BCUT2D eigenvalue weighted by molar-refractivity contribution is 7.92. The molecule has 0 radical (unpaired) electrons. The quantitative estimate of drug-likeness (QED) is 0.822. The number of rotatable bonds is 7. The average molecular weight is 364 g/mol. The topological polar surface area (TPSA) is 62.3 Å². The molecular weight excluding hydrogens is 342 g/mol. The molecule has 1 aliphatic rings. The van der Waals surface area contributed by atoms with Gasteiger partial charge in [-0.25, -0.2) is 18.1 Å². The number of thiazole rings is 1. The van der Waals surface area contributed by atoms with E-state index in [1.54, 1.807) is 17.4 Å². The highest BCUT2D eigenvalue weighted by Crippen LogP contribution is 2.24. The predicted molar refractivity (Wildman–Crippen MR) is 99.7 cm³/mol. The minimum Gasteiger partial charge on any atom is -0.348 e. The highest BCUT2D eigenvalue weighted by Gasteiger charge is 2.15. The first kappa shape index (κ1) is 17.1. The number of anilines is 1. The molecule has 1 aromatic heterocycles. The summed E-state index contributed by atoms with van der Waals surface area (Å²) in [6.45, 7) is 2.50. The van der Waals surface area contributed by atoms with Crippen LogP contribution in [0.25, 0.3) is 6.08 Å². The second-order valence-corrected chi connectivity index (χ2v) is 8.21. The monoisotopic (exact) mass is 363 g/mol. The third-order valence-electron chi connectivity index (χ3n) is 3.84. The first-order valence-corrected chi connectivity index (χ1v) is 10.5. The molecule has 1 fully saturated rings. The first-order chi connectivity index (χ1) is 11.6. The van der Waals surface area contributed by atoms with Gasteiger partial charge in [-0.15, -0.1) is 11.3 Å². The van der Waals surface area contributed by atoms with Gasteiger partial charge < -0.3 is 4.90 Å². The molecule has 0 bridgehead atoms. The van der Waals surface area contributed by atoms with Crippen molar-refractivity contribution in [3.8, 4) is 0 Å². The van der Waals surface area contributed by atoms with Crippen molar-refractivity contribution in [3.05, 3.63) is 52.4 Å². The van der Waals surface area contributed by atoms with E-state index in [4.69, 9.17) is 0 Å². The van der Waals surface area contributed by atoms with Gasteiger partial charge in [0.15, 0.2) is 5.13 Å². The molecule has 1 aromatic carbocycles. The summed E-state index contributed by atoms with van der Waals surface area (Å²) in [6.07, 6.45) is 4.64. The smallest absolute Gasteiger partial charge is 0.233 e. The van der Waals surface area contributed by atoms with E-state index in [1.165, 1.54) is 18.2 Å². The van der Waals surface area contributed by atoms with Gasteiger partial charge in [-0.3, -0.25) is 0 Å². The zero-order chi connectivity index (χ0) is 16.8. The molecule has 5 nitrogen and oxygen atoms in total. The molecule has 0 saturated carbocycles. The van der Waals surface area contributed by atoms with Crippen LogP contribution in [0.5, 0.6) is 0 Å². The number of sulfonamides is 1. The number of benzene rings is 1. The van der Waals surface area contributed by atoms with Crippen LogP contribution >= 0.6 is 11.3 Å². The Morgan fingerprint density at radius 2 is 1.96 bits per heavy atom. The van der Waals surface area contributed by atoms with E-state index >= 15 is 0 Å². The molecule has 24 heavy (non-hydrogen) atoms. The molecule has 128 valence electrons. The van der Waals surface area contributed by atoms with E-state index in [9.17, 15) is 8.42 Å². The molecule has 1 N–H and O–H groups in total. The van der Waals surface area contributed by atoms with Gasteiger partial charge in [0, 0.05) is 36.8 Å². The zero-order valence-corrected chi connectivity index (χ0v) is 15.0. The Hall–Kier alpha value is -1.70. The van der Waals surface area contributed by atoms with E-state index in [2.05, 4.69) is 14.6 Å². The first-order valence-electron chi connectivity index (χ1n) is 8.04. The van der Waals surface area contributed by atoms with Crippen LogP contribution in [0.1, 0.15) is 24.1 Å². The fraction of sp³-hybridized carbons (Fsp3) is 0.353. The second-order valence-electron chi connectivity index (χ2n) is 5.72. The summed E-state index contributed by atoms with van der Waals surface area (Å²) < 4.78 is 26.6. The molecule has 0 amide bonds. The van der Waals surface area contributed by atoms with Crippen molar-refractivity contribution in [2.24, 2.45) is 0 Å². The Balaban J connectivity index is 1.49. The largest absolute Gasteiger partial charge is 0.348 e. The molecule has 2 heterocycles. The van der Waals surface area contributed by atoms with Gasteiger partial charge in [0.2, 0.25) is 10.0 Å². The fourth-order valence-electron chi connectivity index (χ4n) is 2.57. The zero-order valence-electron chi connectivity index (χ0n) is 13.4. The van der Waals surface area contributed by atoms with Gasteiger partial charge in [0.25, 0.3) is 0 Å². The van der Waals surface area contributed by atoms with Crippen LogP contribution in [0.15, 0.2) is 41.1 Å². The van der Waals surface area contributed by atoms with Crippen molar-refractivity contribution < 1.29 is 8.42 Å². The van der Waals surface area contributed by atoms with Crippen molar-refractivity contribution >= 4 is 32.6 Å². The summed E-state index contributed by atoms with van der Waals surface area (Å²) in [4.78, 5) is 6.89. The van der Waals surface area contributed by atoms with Crippen LogP contribution in [0, 0.1) is 0 Å². The summed E-state index contributed by atoms with van der Waals surface area (Å²) in [5, 5.41) is 4.27. The summed E-state index contributed by atoms with van der Waals surface area (Å²) >= 11 is 1.64. The molecule has 7 heteroatoms. The normalized spacial score (nSPS) is 15.4. The molecule has 0 atom stereocenters. The third kappa shape index (κ3) is 4.90. The number of aromatic nitrogens is 1. The molecular formula is C17H21N3O2S2. The van der Waals surface area contributed by atoms with Gasteiger partial charge in [-0.2, -0.15) is 0 Å². The summed E-state index contributed by atoms with van der Waals surface area (Å²) in [5.41, 5.74) is 1.80. The second kappa shape index (κ2) is 7.92. The van der Waals surface area contributed by atoms with Crippen LogP contribution in [-0.2, 0) is 16.4 Å². The van der Waals surface area contributed by atoms with Crippen molar-refractivity contribution in [1.82, 2.24) is 9.71 Å².